The van der Waals surface area contributed by atoms with E-state index < -0.39 is 29.1 Å². The van der Waals surface area contributed by atoms with E-state index in [9.17, 15) is 19.7 Å². The van der Waals surface area contributed by atoms with E-state index in [0.717, 1.165) is 10.5 Å². The molecule has 0 atom stereocenters. The van der Waals surface area contributed by atoms with Gasteiger partial charge in [-0.3, -0.25) is 14.9 Å². The van der Waals surface area contributed by atoms with Crippen molar-refractivity contribution < 1.29 is 19.2 Å². The van der Waals surface area contributed by atoms with E-state index in [0.29, 0.717) is 5.69 Å². The van der Waals surface area contributed by atoms with Crippen LogP contribution < -0.4 is 5.32 Å². The normalized spacial score (nSPS) is 10.1. The zero-order valence-corrected chi connectivity index (χ0v) is 14.3. The van der Waals surface area contributed by atoms with E-state index in [1.54, 1.807) is 24.3 Å². The fraction of sp³-hybridized carbons (Fsp3) is 0.0667. The fourth-order valence-corrected chi connectivity index (χ4v) is 2.20. The van der Waals surface area contributed by atoms with Gasteiger partial charge in [0, 0.05) is 21.2 Å². The second-order valence-electron chi connectivity index (χ2n) is 4.55. The number of halogens is 2. The van der Waals surface area contributed by atoms with Gasteiger partial charge in [0.25, 0.3) is 11.6 Å². The van der Waals surface area contributed by atoms with Crippen molar-refractivity contribution in [2.45, 2.75) is 0 Å². The standard InChI is InChI=1S/C15H10BrClN2O5/c16-9-1-4-11(5-2-9)18-14(20)8-24-15(21)12-6-3-10(17)7-13(12)19(22)23/h1-7H,8H2,(H,18,20). The van der Waals surface area contributed by atoms with E-state index in [1.807, 2.05) is 0 Å². The average Bonchev–Trinajstić information content (AvgIpc) is 2.54. The van der Waals surface area contributed by atoms with Crippen LogP contribution in [0.15, 0.2) is 46.9 Å². The summed E-state index contributed by atoms with van der Waals surface area (Å²) in [5.41, 5.74) is -0.238. The second-order valence-corrected chi connectivity index (χ2v) is 5.90. The van der Waals surface area contributed by atoms with Crippen LogP contribution in [0.1, 0.15) is 10.4 Å². The molecule has 2 rings (SSSR count). The minimum atomic E-state index is -0.982. The van der Waals surface area contributed by atoms with Crippen molar-refractivity contribution in [1.82, 2.24) is 0 Å². The first-order valence-electron chi connectivity index (χ1n) is 6.53. The highest BCUT2D eigenvalue weighted by molar-refractivity contribution is 9.10. The lowest BCUT2D eigenvalue weighted by Crippen LogP contribution is -2.21. The number of carbonyl (C=O) groups is 2. The van der Waals surface area contributed by atoms with E-state index in [1.165, 1.54) is 12.1 Å². The number of amides is 1. The predicted molar refractivity (Wildman–Crippen MR) is 91.2 cm³/mol. The zero-order chi connectivity index (χ0) is 17.7. The van der Waals surface area contributed by atoms with Crippen LogP contribution in [-0.4, -0.2) is 23.4 Å². The Morgan fingerprint density at radius 1 is 1.21 bits per heavy atom. The molecule has 7 nitrogen and oxygen atoms in total. The SMILES string of the molecule is O=C(COC(=O)c1ccc(Cl)cc1[N+](=O)[O-])Nc1ccc(Br)cc1. The third-order valence-corrected chi connectivity index (χ3v) is 3.60. The largest absolute Gasteiger partial charge is 0.452 e. The van der Waals surface area contributed by atoms with Gasteiger partial charge >= 0.3 is 5.97 Å². The Labute approximate surface area is 149 Å². The van der Waals surface area contributed by atoms with Gasteiger partial charge in [0.1, 0.15) is 5.56 Å². The lowest BCUT2D eigenvalue weighted by atomic mass is 10.2. The van der Waals surface area contributed by atoms with Crippen molar-refractivity contribution in [2.24, 2.45) is 0 Å². The minimum Gasteiger partial charge on any atom is -0.452 e. The molecule has 0 aliphatic heterocycles. The molecule has 0 radical (unpaired) electrons. The van der Waals surface area contributed by atoms with E-state index in [2.05, 4.69) is 21.2 Å². The van der Waals surface area contributed by atoms with Gasteiger partial charge in [-0.25, -0.2) is 4.79 Å². The Morgan fingerprint density at radius 3 is 2.50 bits per heavy atom. The van der Waals surface area contributed by atoms with E-state index in [-0.39, 0.29) is 10.6 Å². The number of nitro benzene ring substituents is 1. The number of ether oxygens (including phenoxy) is 1. The number of benzene rings is 2. The molecule has 0 saturated heterocycles. The number of nitrogens with one attached hydrogen (secondary N) is 1. The topological polar surface area (TPSA) is 98.5 Å². The van der Waals surface area contributed by atoms with Crippen molar-refractivity contribution in [3.63, 3.8) is 0 Å². The minimum absolute atomic E-state index is 0.117. The Hall–Kier alpha value is -2.45. The van der Waals surface area contributed by atoms with Gasteiger partial charge in [-0.1, -0.05) is 27.5 Å². The van der Waals surface area contributed by atoms with Gasteiger partial charge in [0.2, 0.25) is 0 Å². The molecule has 0 bridgehead atoms. The maximum atomic E-state index is 11.9. The van der Waals surface area contributed by atoms with Gasteiger partial charge in [0.05, 0.1) is 4.92 Å². The number of rotatable bonds is 5. The molecule has 1 amide bonds. The van der Waals surface area contributed by atoms with Crippen molar-refractivity contribution in [3.8, 4) is 0 Å². The second kappa shape index (κ2) is 7.89. The van der Waals surface area contributed by atoms with Crippen LogP contribution >= 0.6 is 27.5 Å². The molecular formula is C15H10BrClN2O5. The number of nitro groups is 1. The van der Waals surface area contributed by atoms with E-state index in [4.69, 9.17) is 16.3 Å². The average molecular weight is 414 g/mol. The predicted octanol–water partition coefficient (Wildman–Crippen LogP) is 3.81. The number of esters is 1. The van der Waals surface area contributed by atoms with Crippen LogP contribution in [0.2, 0.25) is 5.02 Å². The third-order valence-electron chi connectivity index (χ3n) is 2.84. The molecule has 1 N–H and O–H groups in total. The number of carbonyl (C=O) groups excluding carboxylic acids is 2. The van der Waals surface area contributed by atoms with Crippen molar-refractivity contribution >= 4 is 50.8 Å². The summed E-state index contributed by atoms with van der Waals surface area (Å²) in [7, 11) is 0. The first kappa shape index (κ1) is 17.9. The van der Waals surface area contributed by atoms with Crippen LogP contribution in [0.3, 0.4) is 0 Å². The van der Waals surface area contributed by atoms with Crippen molar-refractivity contribution in [1.29, 1.82) is 0 Å². The molecule has 0 aliphatic carbocycles. The molecule has 0 spiro atoms. The van der Waals surface area contributed by atoms with Gasteiger partial charge < -0.3 is 10.1 Å². The smallest absolute Gasteiger partial charge is 0.345 e. The molecular weight excluding hydrogens is 404 g/mol. The highest BCUT2D eigenvalue weighted by atomic mass is 79.9. The molecule has 2 aromatic carbocycles. The molecule has 124 valence electrons. The summed E-state index contributed by atoms with van der Waals surface area (Å²) in [6.45, 7) is -0.575. The molecule has 0 aliphatic rings. The quantitative estimate of drug-likeness (QED) is 0.456. The van der Waals surface area contributed by atoms with Gasteiger partial charge in [-0.15, -0.1) is 0 Å². The van der Waals surface area contributed by atoms with Crippen LogP contribution in [0.25, 0.3) is 0 Å². The van der Waals surface area contributed by atoms with Gasteiger partial charge in [-0.05, 0) is 36.4 Å². The zero-order valence-electron chi connectivity index (χ0n) is 12.0. The Morgan fingerprint density at radius 2 is 1.88 bits per heavy atom. The van der Waals surface area contributed by atoms with Crippen LogP contribution in [0.4, 0.5) is 11.4 Å². The summed E-state index contributed by atoms with van der Waals surface area (Å²) < 4.78 is 5.66. The monoisotopic (exact) mass is 412 g/mol. The Balaban J connectivity index is 1.99. The number of hydrogen-bond acceptors (Lipinski definition) is 5. The summed E-state index contributed by atoms with van der Waals surface area (Å²) >= 11 is 8.93. The molecule has 2 aromatic rings. The number of anilines is 1. The van der Waals surface area contributed by atoms with E-state index >= 15 is 0 Å². The molecule has 0 saturated carbocycles. The molecule has 0 unspecified atom stereocenters. The summed E-state index contributed by atoms with van der Waals surface area (Å²) in [6.07, 6.45) is 0. The molecule has 0 fully saturated rings. The lowest BCUT2D eigenvalue weighted by Gasteiger charge is -2.07. The number of nitrogens with zero attached hydrogens (tertiary/aromatic N) is 1. The maximum Gasteiger partial charge on any atom is 0.345 e. The van der Waals surface area contributed by atoms with Gasteiger partial charge in [0.15, 0.2) is 6.61 Å². The summed E-state index contributed by atoms with van der Waals surface area (Å²) in [4.78, 5) is 33.9. The van der Waals surface area contributed by atoms with Crippen molar-refractivity contribution in [2.75, 3.05) is 11.9 Å². The van der Waals surface area contributed by atoms with Crippen LogP contribution in [0, 0.1) is 10.1 Å². The fourth-order valence-electron chi connectivity index (χ4n) is 1.77. The summed E-state index contributed by atoms with van der Waals surface area (Å²) in [6, 6.07) is 10.3. The highest BCUT2D eigenvalue weighted by Crippen LogP contribution is 2.23. The van der Waals surface area contributed by atoms with Crippen LogP contribution in [-0.2, 0) is 9.53 Å². The molecule has 0 aromatic heterocycles. The summed E-state index contributed by atoms with van der Waals surface area (Å²) in [5, 5.41) is 13.6. The maximum absolute atomic E-state index is 11.9. The lowest BCUT2D eigenvalue weighted by molar-refractivity contribution is -0.385. The highest BCUT2D eigenvalue weighted by Gasteiger charge is 2.22. The first-order chi connectivity index (χ1) is 11.4. The molecule has 9 heteroatoms. The Kier molecular flexibility index (Phi) is 5.88. The van der Waals surface area contributed by atoms with Gasteiger partial charge in [-0.2, -0.15) is 0 Å². The van der Waals surface area contributed by atoms with Crippen molar-refractivity contribution in [3.05, 3.63) is 67.6 Å². The summed E-state index contributed by atoms with van der Waals surface area (Å²) in [5.74, 6) is -1.55. The third kappa shape index (κ3) is 4.77. The Bertz CT molecular complexity index is 795. The molecule has 24 heavy (non-hydrogen) atoms. The number of hydrogen-bond donors (Lipinski definition) is 1. The first-order valence-corrected chi connectivity index (χ1v) is 7.70. The van der Waals surface area contributed by atoms with Crippen LogP contribution in [0.5, 0.6) is 0 Å². The molecule has 0 heterocycles.